The minimum Gasteiger partial charge on any atom is -0.466 e. The van der Waals surface area contributed by atoms with Crippen LogP contribution < -0.4 is 0 Å². The Kier molecular flexibility index (Phi) is 9.44. The van der Waals surface area contributed by atoms with Gasteiger partial charge in [0.25, 0.3) is 0 Å². The van der Waals surface area contributed by atoms with Crippen molar-refractivity contribution in [2.24, 2.45) is 0 Å². The predicted molar refractivity (Wildman–Crippen MR) is 112 cm³/mol. The van der Waals surface area contributed by atoms with Crippen molar-refractivity contribution in [2.75, 3.05) is 26.9 Å². The Balaban J connectivity index is 2.06. The van der Waals surface area contributed by atoms with Crippen molar-refractivity contribution < 1.29 is 19.1 Å². The molecule has 158 valence electrons. The molecule has 1 amide bonds. The predicted octanol–water partition coefficient (Wildman–Crippen LogP) is 3.55. The van der Waals surface area contributed by atoms with Gasteiger partial charge in [-0.1, -0.05) is 24.3 Å². The first kappa shape index (κ1) is 22.7. The Morgan fingerprint density at radius 3 is 2.62 bits per heavy atom. The molecule has 0 saturated heterocycles. The second kappa shape index (κ2) is 12.1. The van der Waals surface area contributed by atoms with E-state index in [2.05, 4.69) is 23.6 Å². The molecule has 0 bridgehead atoms. The molecule has 29 heavy (non-hydrogen) atoms. The fraction of sp³-hybridized carbons (Fsp3) is 0.478. The van der Waals surface area contributed by atoms with Crippen LogP contribution in [0.15, 0.2) is 42.6 Å². The van der Waals surface area contributed by atoms with E-state index in [9.17, 15) is 9.59 Å². The first-order chi connectivity index (χ1) is 14.0. The monoisotopic (exact) mass is 400 g/mol. The van der Waals surface area contributed by atoms with E-state index in [-0.39, 0.29) is 24.7 Å². The highest BCUT2D eigenvalue weighted by molar-refractivity contribution is 5.81. The van der Waals surface area contributed by atoms with Gasteiger partial charge >= 0.3 is 5.97 Å². The van der Waals surface area contributed by atoms with E-state index in [1.807, 2.05) is 35.4 Å². The van der Waals surface area contributed by atoms with Gasteiger partial charge in [-0.05, 0) is 43.5 Å². The third-order valence-electron chi connectivity index (χ3n) is 4.86. The van der Waals surface area contributed by atoms with Crippen LogP contribution in [-0.4, -0.2) is 48.2 Å². The first-order valence-electron chi connectivity index (χ1n) is 10.2. The van der Waals surface area contributed by atoms with Gasteiger partial charge in [-0.2, -0.15) is 0 Å². The molecule has 6 heteroatoms. The maximum Gasteiger partial charge on any atom is 0.306 e. The van der Waals surface area contributed by atoms with E-state index in [1.54, 1.807) is 14.0 Å². The summed E-state index contributed by atoms with van der Waals surface area (Å²) in [7, 11) is 1.65. The maximum atomic E-state index is 12.8. The van der Waals surface area contributed by atoms with E-state index < -0.39 is 0 Å². The molecule has 6 nitrogen and oxygen atoms in total. The number of amides is 1. The minimum atomic E-state index is -0.333. The zero-order chi connectivity index (χ0) is 21.1. The molecule has 0 fully saturated rings. The summed E-state index contributed by atoms with van der Waals surface area (Å²) in [6.07, 6.45) is 3.06. The quantitative estimate of drug-likeness (QED) is 0.404. The average molecular weight is 401 g/mol. The highest BCUT2D eigenvalue weighted by atomic mass is 16.5. The van der Waals surface area contributed by atoms with Gasteiger partial charge in [0.2, 0.25) is 5.91 Å². The van der Waals surface area contributed by atoms with Crippen molar-refractivity contribution in [3.63, 3.8) is 0 Å². The van der Waals surface area contributed by atoms with E-state index in [0.29, 0.717) is 26.3 Å². The Morgan fingerprint density at radius 1 is 1.10 bits per heavy atom. The zero-order valence-electron chi connectivity index (χ0n) is 17.7. The molecule has 0 atom stereocenters. The molecule has 0 saturated carbocycles. The molecule has 2 rings (SSSR count). The standard InChI is InChI=1S/C23H32N2O4/c1-4-29-23(27)13-12-22(26)25(15-8-16-28-3)18-21-11-7-14-24(21)17-20-10-6-5-9-19(20)2/h5-7,9-11,14H,4,8,12-13,15-18H2,1-3H3. The summed E-state index contributed by atoms with van der Waals surface area (Å²) in [5.41, 5.74) is 3.56. The maximum absolute atomic E-state index is 12.8. The Morgan fingerprint density at radius 2 is 1.90 bits per heavy atom. The molecule has 0 spiro atoms. The molecule has 0 aliphatic carbocycles. The van der Waals surface area contributed by atoms with Crippen LogP contribution in [0.3, 0.4) is 0 Å². The summed E-state index contributed by atoms with van der Waals surface area (Å²) in [6, 6.07) is 12.4. The summed E-state index contributed by atoms with van der Waals surface area (Å²) in [5.74, 6) is -0.376. The van der Waals surface area contributed by atoms with Crippen LogP contribution in [0.1, 0.15) is 43.0 Å². The smallest absolute Gasteiger partial charge is 0.306 e. The SMILES string of the molecule is CCOC(=O)CCC(=O)N(CCCOC)Cc1cccn1Cc1ccccc1C. The van der Waals surface area contributed by atoms with Crippen LogP contribution in [0.4, 0.5) is 0 Å². The van der Waals surface area contributed by atoms with Gasteiger partial charge in [0.1, 0.15) is 0 Å². The number of ether oxygens (including phenoxy) is 2. The molecule has 1 aromatic heterocycles. The second-order valence-electron chi connectivity index (χ2n) is 7.02. The molecule has 0 aliphatic rings. The van der Waals surface area contributed by atoms with Crippen molar-refractivity contribution in [3.05, 3.63) is 59.4 Å². The third kappa shape index (κ3) is 7.38. The van der Waals surface area contributed by atoms with Gasteiger partial charge in [-0.25, -0.2) is 0 Å². The summed E-state index contributed by atoms with van der Waals surface area (Å²) in [6.45, 7) is 6.64. The summed E-state index contributed by atoms with van der Waals surface area (Å²) in [4.78, 5) is 26.2. The number of hydrogen-bond donors (Lipinski definition) is 0. The van der Waals surface area contributed by atoms with Crippen molar-refractivity contribution in [1.82, 2.24) is 9.47 Å². The van der Waals surface area contributed by atoms with Crippen molar-refractivity contribution in [3.8, 4) is 0 Å². The number of carbonyl (C=O) groups is 2. The fourth-order valence-corrected chi connectivity index (χ4v) is 3.21. The number of benzene rings is 1. The van der Waals surface area contributed by atoms with Gasteiger partial charge in [0.15, 0.2) is 0 Å². The van der Waals surface area contributed by atoms with Crippen molar-refractivity contribution in [1.29, 1.82) is 0 Å². The normalized spacial score (nSPS) is 10.7. The number of methoxy groups -OCH3 is 1. The highest BCUT2D eigenvalue weighted by Gasteiger charge is 2.17. The fourth-order valence-electron chi connectivity index (χ4n) is 3.21. The van der Waals surface area contributed by atoms with Crippen LogP contribution in [0.5, 0.6) is 0 Å². The van der Waals surface area contributed by atoms with Crippen molar-refractivity contribution in [2.45, 2.75) is 46.2 Å². The second-order valence-corrected chi connectivity index (χ2v) is 7.02. The lowest BCUT2D eigenvalue weighted by molar-refractivity contribution is -0.145. The van der Waals surface area contributed by atoms with E-state index in [1.165, 1.54) is 11.1 Å². The minimum absolute atomic E-state index is 0.0437. The summed E-state index contributed by atoms with van der Waals surface area (Å²) < 4.78 is 12.2. The largest absolute Gasteiger partial charge is 0.466 e. The zero-order valence-corrected chi connectivity index (χ0v) is 17.7. The lowest BCUT2D eigenvalue weighted by atomic mass is 10.1. The topological polar surface area (TPSA) is 60.8 Å². The highest BCUT2D eigenvalue weighted by Crippen LogP contribution is 2.15. The lowest BCUT2D eigenvalue weighted by Gasteiger charge is -2.24. The lowest BCUT2D eigenvalue weighted by Crippen LogP contribution is -2.33. The number of rotatable bonds is 12. The Bertz CT molecular complexity index is 785. The molecular weight excluding hydrogens is 368 g/mol. The summed E-state index contributed by atoms with van der Waals surface area (Å²) in [5, 5.41) is 0. The first-order valence-corrected chi connectivity index (χ1v) is 10.2. The van der Waals surface area contributed by atoms with Gasteiger partial charge in [0.05, 0.1) is 19.6 Å². The molecular formula is C23H32N2O4. The summed E-state index contributed by atoms with van der Waals surface area (Å²) >= 11 is 0. The number of hydrogen-bond acceptors (Lipinski definition) is 4. The number of esters is 1. The molecule has 2 aromatic rings. The van der Waals surface area contributed by atoms with Crippen LogP contribution in [0.2, 0.25) is 0 Å². The van der Waals surface area contributed by atoms with Crippen LogP contribution in [-0.2, 0) is 32.2 Å². The Labute approximate surface area is 173 Å². The number of carbonyl (C=O) groups excluding carboxylic acids is 2. The molecule has 0 radical (unpaired) electrons. The molecule has 0 aliphatic heterocycles. The van der Waals surface area contributed by atoms with Crippen LogP contribution in [0, 0.1) is 6.92 Å². The van der Waals surface area contributed by atoms with E-state index in [4.69, 9.17) is 9.47 Å². The van der Waals surface area contributed by atoms with Crippen LogP contribution >= 0.6 is 0 Å². The molecule has 1 heterocycles. The van der Waals surface area contributed by atoms with Gasteiger partial charge in [-0.15, -0.1) is 0 Å². The van der Waals surface area contributed by atoms with Crippen LogP contribution in [0.25, 0.3) is 0 Å². The average Bonchev–Trinajstić information content (AvgIpc) is 3.14. The van der Waals surface area contributed by atoms with Gasteiger partial charge in [0, 0.05) is 45.1 Å². The molecule has 1 aromatic carbocycles. The van der Waals surface area contributed by atoms with Gasteiger partial charge < -0.3 is 18.9 Å². The molecule has 0 unspecified atom stereocenters. The number of aryl methyl sites for hydroxylation is 1. The molecule has 0 N–H and O–H groups in total. The van der Waals surface area contributed by atoms with Gasteiger partial charge in [-0.3, -0.25) is 9.59 Å². The van der Waals surface area contributed by atoms with Crippen molar-refractivity contribution >= 4 is 11.9 Å². The number of nitrogens with zero attached hydrogens (tertiary/aromatic N) is 2. The van der Waals surface area contributed by atoms with E-state index >= 15 is 0 Å². The third-order valence-corrected chi connectivity index (χ3v) is 4.86. The van der Waals surface area contributed by atoms with E-state index in [0.717, 1.165) is 18.7 Å². The Hall–Kier alpha value is -2.60. The number of aromatic nitrogens is 1.